The Morgan fingerprint density at radius 2 is 1.83 bits per heavy atom. The number of amides is 2. The van der Waals surface area contributed by atoms with Crippen LogP contribution in [0.2, 0.25) is 0 Å². The molecule has 0 radical (unpaired) electrons. The molecule has 0 bridgehead atoms. The average Bonchev–Trinajstić information content (AvgIpc) is 3.45. The summed E-state index contributed by atoms with van der Waals surface area (Å²) in [4.78, 5) is 37.8. The lowest BCUT2D eigenvalue weighted by Crippen LogP contribution is -2.41. The zero-order valence-electron chi connectivity index (χ0n) is 19.2. The molecule has 1 spiro atoms. The van der Waals surface area contributed by atoms with E-state index in [0.29, 0.717) is 24.7 Å². The van der Waals surface area contributed by atoms with Crippen LogP contribution in [0.5, 0.6) is 5.88 Å². The van der Waals surface area contributed by atoms with E-state index in [9.17, 15) is 9.59 Å². The van der Waals surface area contributed by atoms with Gasteiger partial charge in [-0.25, -0.2) is 9.97 Å². The first kappa shape index (κ1) is 20.4. The lowest BCUT2D eigenvalue weighted by molar-refractivity contribution is -0.121. The molecule has 3 fully saturated rings. The maximum Gasteiger partial charge on any atom is 0.238 e. The van der Waals surface area contributed by atoms with Crippen LogP contribution in [-0.2, 0) is 9.59 Å². The van der Waals surface area contributed by atoms with Crippen molar-refractivity contribution in [2.75, 3.05) is 28.3 Å². The van der Waals surface area contributed by atoms with Crippen LogP contribution < -0.4 is 19.9 Å². The highest BCUT2D eigenvalue weighted by atomic mass is 16.5. The predicted octanol–water partition coefficient (Wildman–Crippen LogP) is 4.29. The highest BCUT2D eigenvalue weighted by Crippen LogP contribution is 2.58. The summed E-state index contributed by atoms with van der Waals surface area (Å²) in [5.74, 6) is 1.61. The Kier molecular flexibility index (Phi) is 4.40. The number of nitrogens with zero attached hydrogens (tertiary/aromatic N) is 4. The third kappa shape index (κ3) is 3.35. The Bertz CT molecular complexity index is 1330. The van der Waals surface area contributed by atoms with E-state index in [0.717, 1.165) is 60.4 Å². The minimum Gasteiger partial charge on any atom is -0.474 e. The van der Waals surface area contributed by atoms with E-state index < -0.39 is 0 Å². The second kappa shape index (κ2) is 7.53. The molecular weight excluding hydrogens is 442 g/mol. The van der Waals surface area contributed by atoms with Crippen molar-refractivity contribution < 1.29 is 14.3 Å². The van der Waals surface area contributed by atoms with Gasteiger partial charge < -0.3 is 19.9 Å². The van der Waals surface area contributed by atoms with Crippen molar-refractivity contribution in [1.82, 2.24) is 9.97 Å². The fraction of sp³-hybridized carbons (Fsp3) is 0.333. The van der Waals surface area contributed by atoms with E-state index in [1.807, 2.05) is 58.5 Å². The van der Waals surface area contributed by atoms with E-state index >= 15 is 0 Å². The number of hydrogen-bond donors (Lipinski definition) is 1. The Labute approximate surface area is 202 Å². The molecule has 7 rings (SSSR count). The van der Waals surface area contributed by atoms with Gasteiger partial charge in [0, 0.05) is 30.4 Å². The van der Waals surface area contributed by atoms with Gasteiger partial charge in [0.05, 0.1) is 23.3 Å². The van der Waals surface area contributed by atoms with Crippen molar-refractivity contribution in [2.45, 2.75) is 38.1 Å². The molecule has 3 aliphatic heterocycles. The molecule has 176 valence electrons. The summed E-state index contributed by atoms with van der Waals surface area (Å²) >= 11 is 0. The highest BCUT2D eigenvalue weighted by molar-refractivity contribution is 6.04. The normalized spacial score (nSPS) is 21.7. The van der Waals surface area contributed by atoms with E-state index in [1.165, 1.54) is 0 Å². The molecule has 4 aliphatic rings. The van der Waals surface area contributed by atoms with Gasteiger partial charge >= 0.3 is 0 Å². The molecule has 1 N–H and O–H groups in total. The lowest BCUT2D eigenvalue weighted by atomic mass is 10.0. The standard InChI is InChI=1S/C27H25N5O3/c33-24-2-1-11-31(24)20-6-3-17(4-7-20)18-5-8-23(28-14-18)30-19-12-22-25(29-15-19)35-16-21-13-27(9-10-27)26(34)32(21)22/h3-8,12,14-15,21H,1-2,9-11,13,16H2,(H,28,30)/t21-/m0/s1. The maximum atomic E-state index is 13.0. The van der Waals surface area contributed by atoms with Crippen molar-refractivity contribution in [3.05, 3.63) is 54.9 Å². The van der Waals surface area contributed by atoms with Crippen LogP contribution in [0.3, 0.4) is 0 Å². The number of carbonyl (C=O) groups excluding carboxylic acids is 2. The largest absolute Gasteiger partial charge is 0.474 e. The van der Waals surface area contributed by atoms with Gasteiger partial charge in [0.1, 0.15) is 18.1 Å². The first-order valence-electron chi connectivity index (χ1n) is 12.2. The smallest absolute Gasteiger partial charge is 0.238 e. The minimum atomic E-state index is -0.154. The van der Waals surface area contributed by atoms with Crippen molar-refractivity contribution in [3.63, 3.8) is 0 Å². The van der Waals surface area contributed by atoms with E-state index in [4.69, 9.17) is 4.74 Å². The summed E-state index contributed by atoms with van der Waals surface area (Å²) < 4.78 is 5.85. The zero-order valence-corrected chi connectivity index (χ0v) is 19.2. The van der Waals surface area contributed by atoms with Crippen LogP contribution in [0.4, 0.5) is 22.9 Å². The molecule has 2 saturated heterocycles. The molecule has 1 aromatic carbocycles. The Balaban J connectivity index is 1.08. The summed E-state index contributed by atoms with van der Waals surface area (Å²) in [6.45, 7) is 1.30. The van der Waals surface area contributed by atoms with Crippen LogP contribution in [0.15, 0.2) is 54.9 Å². The number of rotatable bonds is 4. The third-order valence-electron chi connectivity index (χ3n) is 7.64. The number of aromatic nitrogens is 2. The van der Waals surface area contributed by atoms with Crippen molar-refractivity contribution in [1.29, 1.82) is 0 Å². The lowest BCUT2D eigenvalue weighted by Gasteiger charge is -2.31. The minimum absolute atomic E-state index is 0.0990. The summed E-state index contributed by atoms with van der Waals surface area (Å²) in [6, 6.07) is 14.0. The molecule has 5 heterocycles. The number of carbonyl (C=O) groups is 2. The first-order chi connectivity index (χ1) is 17.1. The Hall–Kier alpha value is -3.94. The van der Waals surface area contributed by atoms with Crippen molar-refractivity contribution >= 4 is 34.7 Å². The summed E-state index contributed by atoms with van der Waals surface area (Å²) in [6.07, 6.45) is 7.92. The monoisotopic (exact) mass is 467 g/mol. The molecule has 1 saturated carbocycles. The van der Waals surface area contributed by atoms with Crippen molar-refractivity contribution in [3.8, 4) is 17.0 Å². The van der Waals surface area contributed by atoms with Crippen molar-refractivity contribution in [2.24, 2.45) is 5.41 Å². The molecular formula is C27H25N5O3. The SMILES string of the molecule is O=C1CCCN1c1ccc(-c2ccc(Nc3cnc4c(c3)N3C(=O)C5(CC5)C[C@H]3CO4)nc2)cc1. The van der Waals surface area contributed by atoms with Crippen LogP contribution in [0, 0.1) is 5.41 Å². The molecule has 35 heavy (non-hydrogen) atoms. The molecule has 2 aromatic heterocycles. The molecule has 8 heteroatoms. The van der Waals surface area contributed by atoms with Gasteiger partial charge in [-0.15, -0.1) is 0 Å². The van der Waals surface area contributed by atoms with Crippen LogP contribution in [-0.4, -0.2) is 41.0 Å². The topological polar surface area (TPSA) is 87.7 Å². The fourth-order valence-electron chi connectivity index (χ4n) is 5.57. The number of anilines is 4. The van der Waals surface area contributed by atoms with Crippen LogP contribution >= 0.6 is 0 Å². The summed E-state index contributed by atoms with van der Waals surface area (Å²) in [5, 5.41) is 3.30. The van der Waals surface area contributed by atoms with Crippen LogP contribution in [0.1, 0.15) is 32.1 Å². The molecule has 1 atom stereocenters. The van der Waals surface area contributed by atoms with Gasteiger partial charge in [0.15, 0.2) is 0 Å². The average molecular weight is 468 g/mol. The zero-order chi connectivity index (χ0) is 23.6. The first-order valence-corrected chi connectivity index (χ1v) is 12.2. The van der Waals surface area contributed by atoms with E-state index in [-0.39, 0.29) is 23.3 Å². The number of pyridine rings is 2. The number of fused-ring (bicyclic) bond motifs is 3. The second-order valence-electron chi connectivity index (χ2n) is 9.93. The van der Waals surface area contributed by atoms with E-state index in [2.05, 4.69) is 15.3 Å². The predicted molar refractivity (Wildman–Crippen MR) is 132 cm³/mol. The number of hydrogen-bond acceptors (Lipinski definition) is 6. The van der Waals surface area contributed by atoms with Crippen LogP contribution in [0.25, 0.3) is 11.1 Å². The molecule has 1 aliphatic carbocycles. The van der Waals surface area contributed by atoms with Gasteiger partial charge in [0.2, 0.25) is 17.7 Å². The third-order valence-corrected chi connectivity index (χ3v) is 7.64. The van der Waals surface area contributed by atoms with Gasteiger partial charge in [0.25, 0.3) is 0 Å². The number of nitrogens with one attached hydrogen (secondary N) is 1. The molecule has 2 amide bonds. The molecule has 0 unspecified atom stereocenters. The second-order valence-corrected chi connectivity index (χ2v) is 9.93. The van der Waals surface area contributed by atoms with E-state index in [1.54, 1.807) is 6.20 Å². The Morgan fingerprint density at radius 1 is 1.00 bits per heavy atom. The quantitative estimate of drug-likeness (QED) is 0.616. The molecule has 3 aromatic rings. The maximum absolute atomic E-state index is 13.0. The molecule has 8 nitrogen and oxygen atoms in total. The highest BCUT2D eigenvalue weighted by Gasteiger charge is 2.60. The van der Waals surface area contributed by atoms with Gasteiger partial charge in [-0.1, -0.05) is 12.1 Å². The van der Waals surface area contributed by atoms with Gasteiger partial charge in [-0.2, -0.15) is 0 Å². The Morgan fingerprint density at radius 3 is 2.54 bits per heavy atom. The number of ether oxygens (including phenoxy) is 1. The fourth-order valence-corrected chi connectivity index (χ4v) is 5.57. The van der Waals surface area contributed by atoms with Gasteiger partial charge in [-0.3, -0.25) is 9.59 Å². The van der Waals surface area contributed by atoms with Gasteiger partial charge in [-0.05, 0) is 61.6 Å². The summed E-state index contributed by atoms with van der Waals surface area (Å²) in [5.41, 5.74) is 4.33. The summed E-state index contributed by atoms with van der Waals surface area (Å²) in [7, 11) is 0. The number of benzene rings is 1.